The Labute approximate surface area is 123 Å². The molecule has 0 saturated carbocycles. The highest BCUT2D eigenvalue weighted by Crippen LogP contribution is 2.31. The van der Waals surface area contributed by atoms with Crippen molar-refractivity contribution in [3.05, 3.63) is 30.3 Å². The number of esters is 2. The predicted molar refractivity (Wildman–Crippen MR) is 78.5 cm³/mol. The number of hydrogen-bond acceptors (Lipinski definition) is 5. The highest BCUT2D eigenvalue weighted by Gasteiger charge is 2.35. The Bertz CT molecular complexity index is 433. The number of benzene rings is 1. The monoisotopic (exact) mass is 296 g/mol. The maximum atomic E-state index is 12.1. The molecular formula is C15H20O4S. The Hall–Kier alpha value is -1.49. The molecule has 1 aromatic rings. The molecule has 110 valence electrons. The number of rotatable bonds is 7. The molecule has 0 aliphatic heterocycles. The van der Waals surface area contributed by atoms with Gasteiger partial charge >= 0.3 is 11.9 Å². The van der Waals surface area contributed by atoms with Crippen LogP contribution in [0.5, 0.6) is 0 Å². The van der Waals surface area contributed by atoms with Crippen LogP contribution in [0.4, 0.5) is 0 Å². The van der Waals surface area contributed by atoms with Gasteiger partial charge in [0.2, 0.25) is 0 Å². The van der Waals surface area contributed by atoms with Gasteiger partial charge in [-0.1, -0.05) is 25.1 Å². The van der Waals surface area contributed by atoms with Gasteiger partial charge in [-0.2, -0.15) is 0 Å². The molecule has 2 atom stereocenters. The van der Waals surface area contributed by atoms with Crippen LogP contribution >= 0.6 is 11.8 Å². The van der Waals surface area contributed by atoms with Gasteiger partial charge in [0.15, 0.2) is 0 Å². The first-order valence-electron chi connectivity index (χ1n) is 6.60. The van der Waals surface area contributed by atoms with Crippen molar-refractivity contribution < 1.29 is 19.1 Å². The van der Waals surface area contributed by atoms with E-state index in [1.807, 2.05) is 37.3 Å². The zero-order valence-electron chi connectivity index (χ0n) is 12.0. The lowest BCUT2D eigenvalue weighted by molar-refractivity contribution is -0.152. The van der Waals surface area contributed by atoms with E-state index in [0.717, 1.165) is 4.90 Å². The van der Waals surface area contributed by atoms with Gasteiger partial charge < -0.3 is 9.47 Å². The van der Waals surface area contributed by atoms with Crippen LogP contribution in [0.1, 0.15) is 20.3 Å². The molecule has 0 radical (unpaired) electrons. The summed E-state index contributed by atoms with van der Waals surface area (Å²) in [6.45, 7) is 3.91. The van der Waals surface area contributed by atoms with E-state index >= 15 is 0 Å². The van der Waals surface area contributed by atoms with Crippen LogP contribution in [0.2, 0.25) is 0 Å². The van der Waals surface area contributed by atoms with E-state index in [-0.39, 0.29) is 11.9 Å². The molecule has 0 aromatic heterocycles. The minimum Gasteiger partial charge on any atom is -0.469 e. The van der Waals surface area contributed by atoms with Crippen LogP contribution in [0.15, 0.2) is 35.2 Å². The smallest absolute Gasteiger partial charge is 0.320 e. The lowest BCUT2D eigenvalue weighted by Crippen LogP contribution is -2.34. The first-order valence-corrected chi connectivity index (χ1v) is 7.48. The van der Waals surface area contributed by atoms with Gasteiger partial charge in [0.25, 0.3) is 0 Å². The fourth-order valence-electron chi connectivity index (χ4n) is 1.82. The zero-order chi connectivity index (χ0) is 15.0. The summed E-state index contributed by atoms with van der Waals surface area (Å²) in [6.07, 6.45) is 0.524. The SMILES string of the molecule is CCOC(=O)[C@H](Sc1ccccc1)[C@@H](CC)C(=O)OC. The van der Waals surface area contributed by atoms with Gasteiger partial charge in [0.05, 0.1) is 19.6 Å². The number of thioether (sulfide) groups is 1. The Balaban J connectivity index is 2.94. The number of hydrogen-bond donors (Lipinski definition) is 0. The molecule has 0 spiro atoms. The second-order valence-electron chi connectivity index (χ2n) is 4.14. The quantitative estimate of drug-likeness (QED) is 0.572. The lowest BCUT2D eigenvalue weighted by atomic mass is 10.0. The maximum Gasteiger partial charge on any atom is 0.320 e. The average molecular weight is 296 g/mol. The highest BCUT2D eigenvalue weighted by atomic mass is 32.2. The van der Waals surface area contributed by atoms with Gasteiger partial charge in [-0.15, -0.1) is 11.8 Å². The normalized spacial score (nSPS) is 13.3. The number of carbonyl (C=O) groups is 2. The first kappa shape index (κ1) is 16.6. The summed E-state index contributed by atoms with van der Waals surface area (Å²) in [4.78, 5) is 24.9. The third-order valence-electron chi connectivity index (χ3n) is 2.83. The lowest BCUT2D eigenvalue weighted by Gasteiger charge is -2.22. The highest BCUT2D eigenvalue weighted by molar-refractivity contribution is 8.00. The van der Waals surface area contributed by atoms with Crippen LogP contribution < -0.4 is 0 Å². The van der Waals surface area contributed by atoms with Crippen molar-refractivity contribution in [2.24, 2.45) is 5.92 Å². The van der Waals surface area contributed by atoms with Crippen molar-refractivity contribution in [1.29, 1.82) is 0 Å². The van der Waals surface area contributed by atoms with Crippen LogP contribution in [-0.2, 0) is 19.1 Å². The van der Waals surface area contributed by atoms with Gasteiger partial charge in [-0.3, -0.25) is 9.59 Å². The summed E-state index contributed by atoms with van der Waals surface area (Å²) in [7, 11) is 1.33. The molecule has 4 nitrogen and oxygen atoms in total. The molecule has 0 amide bonds. The topological polar surface area (TPSA) is 52.6 Å². The zero-order valence-corrected chi connectivity index (χ0v) is 12.8. The van der Waals surface area contributed by atoms with E-state index in [1.54, 1.807) is 6.92 Å². The van der Waals surface area contributed by atoms with Crippen molar-refractivity contribution in [2.75, 3.05) is 13.7 Å². The second kappa shape index (κ2) is 8.64. The Morgan fingerprint density at radius 1 is 1.15 bits per heavy atom. The van der Waals surface area contributed by atoms with E-state index in [9.17, 15) is 9.59 Å². The summed E-state index contributed by atoms with van der Waals surface area (Å²) < 4.78 is 9.88. The molecule has 20 heavy (non-hydrogen) atoms. The molecule has 5 heteroatoms. The summed E-state index contributed by atoms with van der Waals surface area (Å²) in [5, 5.41) is -0.588. The molecule has 0 unspecified atom stereocenters. The fraction of sp³-hybridized carbons (Fsp3) is 0.467. The molecule has 0 bridgehead atoms. The fourth-order valence-corrected chi connectivity index (χ4v) is 3.06. The molecule has 0 N–H and O–H groups in total. The second-order valence-corrected chi connectivity index (χ2v) is 5.36. The average Bonchev–Trinajstić information content (AvgIpc) is 2.48. The van der Waals surface area contributed by atoms with Gasteiger partial charge in [-0.05, 0) is 25.5 Å². The van der Waals surface area contributed by atoms with E-state index in [0.29, 0.717) is 13.0 Å². The number of carbonyl (C=O) groups excluding carboxylic acids is 2. The third-order valence-corrected chi connectivity index (χ3v) is 4.15. The molecule has 1 aromatic carbocycles. The van der Waals surface area contributed by atoms with E-state index < -0.39 is 11.2 Å². The van der Waals surface area contributed by atoms with Crippen LogP contribution in [-0.4, -0.2) is 30.9 Å². The van der Waals surface area contributed by atoms with E-state index in [2.05, 4.69) is 0 Å². The Morgan fingerprint density at radius 2 is 1.80 bits per heavy atom. The van der Waals surface area contributed by atoms with Gasteiger partial charge in [0.1, 0.15) is 5.25 Å². The summed E-state index contributed by atoms with van der Waals surface area (Å²) >= 11 is 1.34. The Morgan fingerprint density at radius 3 is 2.30 bits per heavy atom. The van der Waals surface area contributed by atoms with Crippen molar-refractivity contribution in [1.82, 2.24) is 0 Å². The summed E-state index contributed by atoms with van der Waals surface area (Å²) in [6, 6.07) is 9.50. The summed E-state index contributed by atoms with van der Waals surface area (Å²) in [5.74, 6) is -1.27. The first-order chi connectivity index (χ1) is 9.63. The van der Waals surface area contributed by atoms with Crippen LogP contribution in [0.25, 0.3) is 0 Å². The van der Waals surface area contributed by atoms with Gasteiger partial charge in [0, 0.05) is 4.90 Å². The minimum absolute atomic E-state index is 0.294. The van der Waals surface area contributed by atoms with Gasteiger partial charge in [-0.25, -0.2) is 0 Å². The number of ether oxygens (including phenoxy) is 2. The van der Waals surface area contributed by atoms with Crippen LogP contribution in [0, 0.1) is 5.92 Å². The third kappa shape index (κ3) is 4.56. The molecule has 0 heterocycles. The largest absolute Gasteiger partial charge is 0.469 e. The molecule has 0 fully saturated rings. The van der Waals surface area contributed by atoms with Crippen molar-refractivity contribution in [3.8, 4) is 0 Å². The molecule has 0 aliphatic carbocycles. The standard InChI is InChI=1S/C15H20O4S/c1-4-12(14(16)18-3)13(15(17)19-5-2)20-11-9-7-6-8-10-11/h6-10,12-13H,4-5H2,1-3H3/t12-,13-/m1/s1. The molecule has 0 aliphatic rings. The predicted octanol–water partition coefficient (Wildman–Crippen LogP) is 2.91. The van der Waals surface area contributed by atoms with Crippen molar-refractivity contribution in [3.63, 3.8) is 0 Å². The molecule has 0 saturated heterocycles. The summed E-state index contributed by atoms with van der Waals surface area (Å²) in [5.41, 5.74) is 0. The van der Waals surface area contributed by atoms with E-state index in [4.69, 9.17) is 9.47 Å². The van der Waals surface area contributed by atoms with Crippen LogP contribution in [0.3, 0.4) is 0 Å². The molecule has 1 rings (SSSR count). The number of methoxy groups -OCH3 is 1. The minimum atomic E-state index is -0.588. The maximum absolute atomic E-state index is 12.1. The van der Waals surface area contributed by atoms with E-state index in [1.165, 1.54) is 18.9 Å². The van der Waals surface area contributed by atoms with Crippen molar-refractivity contribution >= 4 is 23.7 Å². The molecular weight excluding hydrogens is 276 g/mol. The Kier molecular flexibility index (Phi) is 7.15. The van der Waals surface area contributed by atoms with Crippen molar-refractivity contribution in [2.45, 2.75) is 30.4 Å².